The summed E-state index contributed by atoms with van der Waals surface area (Å²) in [5.41, 5.74) is 0.189. The predicted molar refractivity (Wildman–Crippen MR) is 69.1 cm³/mol. The summed E-state index contributed by atoms with van der Waals surface area (Å²) < 4.78 is 15.4. The molecule has 1 aliphatic carbocycles. The molecule has 106 valence electrons. The molecule has 1 N–H and O–H groups in total. The molecule has 1 aromatic rings. The fourth-order valence-corrected chi connectivity index (χ4v) is 1.56. The van der Waals surface area contributed by atoms with Crippen LogP contribution in [0.25, 0.3) is 0 Å². The Balaban J connectivity index is 1.58. The van der Waals surface area contributed by atoms with E-state index >= 15 is 0 Å². The van der Waals surface area contributed by atoms with Crippen LogP contribution in [0.1, 0.15) is 36.7 Å². The van der Waals surface area contributed by atoms with Crippen molar-refractivity contribution in [3.8, 4) is 0 Å². The smallest absolute Gasteiger partial charge is 0.360 e. The summed E-state index contributed by atoms with van der Waals surface area (Å²) in [5.74, 6) is 0.332. The maximum atomic E-state index is 11.4. The van der Waals surface area contributed by atoms with Crippen molar-refractivity contribution in [1.29, 1.82) is 0 Å². The Bertz CT molecular complexity index is 401. The van der Waals surface area contributed by atoms with Gasteiger partial charge < -0.3 is 19.2 Å². The van der Waals surface area contributed by atoms with Crippen molar-refractivity contribution < 1.29 is 18.7 Å². The summed E-state index contributed by atoms with van der Waals surface area (Å²) in [6.07, 6.45) is 4.80. The van der Waals surface area contributed by atoms with E-state index in [0.29, 0.717) is 19.2 Å². The first-order chi connectivity index (χ1) is 9.29. The number of nitrogens with one attached hydrogen (secondary N) is 1. The Hall–Kier alpha value is -1.56. The van der Waals surface area contributed by atoms with Gasteiger partial charge in [-0.05, 0) is 32.1 Å². The molecular weight excluding hydrogens is 248 g/mol. The van der Waals surface area contributed by atoms with E-state index in [4.69, 9.17) is 13.9 Å². The highest BCUT2D eigenvalue weighted by Gasteiger charge is 2.20. The van der Waals surface area contributed by atoms with E-state index in [1.165, 1.54) is 19.1 Å². The summed E-state index contributed by atoms with van der Waals surface area (Å²) >= 11 is 0. The number of carbonyl (C=O) groups excluding carboxylic acids is 1. The Morgan fingerprint density at radius 1 is 1.58 bits per heavy atom. The molecule has 1 saturated carbocycles. The molecule has 6 nitrogen and oxygen atoms in total. The lowest BCUT2D eigenvalue weighted by molar-refractivity contribution is 0.0519. The number of esters is 1. The van der Waals surface area contributed by atoms with E-state index in [9.17, 15) is 4.79 Å². The molecular formula is C13H20N2O4. The number of hydrogen-bond acceptors (Lipinski definition) is 6. The van der Waals surface area contributed by atoms with Crippen molar-refractivity contribution in [3.63, 3.8) is 0 Å². The van der Waals surface area contributed by atoms with Gasteiger partial charge in [0.1, 0.15) is 6.26 Å². The second kappa shape index (κ2) is 7.13. The van der Waals surface area contributed by atoms with E-state index in [-0.39, 0.29) is 5.69 Å². The van der Waals surface area contributed by atoms with Crippen LogP contribution in [0.3, 0.4) is 0 Å². The molecule has 0 atom stereocenters. The van der Waals surface area contributed by atoms with Crippen LogP contribution in [0.5, 0.6) is 0 Å². The minimum atomic E-state index is -0.466. The highest BCUT2D eigenvalue weighted by Crippen LogP contribution is 2.28. The molecule has 1 aliphatic rings. The molecule has 0 bridgehead atoms. The van der Waals surface area contributed by atoms with Gasteiger partial charge in [-0.15, -0.1) is 0 Å². The summed E-state index contributed by atoms with van der Waals surface area (Å²) in [4.78, 5) is 15.3. The molecule has 0 aliphatic heterocycles. The SMILES string of the molecule is CCOC(=O)c1coc(NCCCOCC2CC2)n1. The van der Waals surface area contributed by atoms with E-state index < -0.39 is 5.97 Å². The van der Waals surface area contributed by atoms with Crippen molar-refractivity contribution in [3.05, 3.63) is 12.0 Å². The van der Waals surface area contributed by atoms with Gasteiger partial charge >= 0.3 is 5.97 Å². The van der Waals surface area contributed by atoms with Crippen LogP contribution in [0.15, 0.2) is 10.7 Å². The van der Waals surface area contributed by atoms with Crippen LogP contribution in [0.4, 0.5) is 6.01 Å². The van der Waals surface area contributed by atoms with Crippen molar-refractivity contribution in [2.75, 3.05) is 31.7 Å². The Labute approximate surface area is 112 Å². The van der Waals surface area contributed by atoms with Crippen molar-refractivity contribution in [2.24, 2.45) is 5.92 Å². The van der Waals surface area contributed by atoms with Gasteiger partial charge in [0.15, 0.2) is 5.69 Å². The van der Waals surface area contributed by atoms with Crippen molar-refractivity contribution in [2.45, 2.75) is 26.2 Å². The van der Waals surface area contributed by atoms with Gasteiger partial charge in [-0.25, -0.2) is 4.79 Å². The third-order valence-electron chi connectivity index (χ3n) is 2.78. The fraction of sp³-hybridized carbons (Fsp3) is 0.692. The van der Waals surface area contributed by atoms with Gasteiger partial charge in [0.25, 0.3) is 6.01 Å². The van der Waals surface area contributed by atoms with Crippen LogP contribution < -0.4 is 5.32 Å². The summed E-state index contributed by atoms with van der Waals surface area (Å²) in [5, 5.41) is 3.00. The van der Waals surface area contributed by atoms with Crippen LogP contribution in [0, 0.1) is 5.92 Å². The first kappa shape index (κ1) is 13.9. The van der Waals surface area contributed by atoms with E-state index in [0.717, 1.165) is 25.6 Å². The molecule has 19 heavy (non-hydrogen) atoms. The summed E-state index contributed by atoms with van der Waals surface area (Å²) in [6.45, 7) is 4.39. The highest BCUT2D eigenvalue weighted by molar-refractivity contribution is 5.87. The second-order valence-electron chi connectivity index (χ2n) is 4.56. The van der Waals surface area contributed by atoms with E-state index in [1.54, 1.807) is 6.92 Å². The Morgan fingerprint density at radius 3 is 3.16 bits per heavy atom. The number of hydrogen-bond donors (Lipinski definition) is 1. The average Bonchev–Trinajstić information content (AvgIpc) is 3.10. The molecule has 0 spiro atoms. The topological polar surface area (TPSA) is 73.6 Å². The van der Waals surface area contributed by atoms with Crippen LogP contribution in [0.2, 0.25) is 0 Å². The van der Waals surface area contributed by atoms with E-state index in [2.05, 4.69) is 10.3 Å². The van der Waals surface area contributed by atoms with Gasteiger partial charge in [0.05, 0.1) is 6.61 Å². The first-order valence-corrected chi connectivity index (χ1v) is 6.74. The molecule has 2 rings (SSSR count). The normalized spacial score (nSPS) is 14.4. The molecule has 0 unspecified atom stereocenters. The average molecular weight is 268 g/mol. The quantitative estimate of drug-likeness (QED) is 0.546. The zero-order chi connectivity index (χ0) is 13.5. The molecule has 0 saturated heterocycles. The largest absolute Gasteiger partial charge is 0.461 e. The van der Waals surface area contributed by atoms with Gasteiger partial charge in [0.2, 0.25) is 0 Å². The third-order valence-corrected chi connectivity index (χ3v) is 2.78. The highest BCUT2D eigenvalue weighted by atomic mass is 16.5. The Morgan fingerprint density at radius 2 is 2.42 bits per heavy atom. The number of aromatic nitrogens is 1. The summed E-state index contributed by atoms with van der Waals surface area (Å²) in [7, 11) is 0. The number of ether oxygens (including phenoxy) is 2. The molecule has 1 aromatic heterocycles. The first-order valence-electron chi connectivity index (χ1n) is 6.74. The molecule has 0 amide bonds. The van der Waals surface area contributed by atoms with Crippen molar-refractivity contribution in [1.82, 2.24) is 4.98 Å². The number of rotatable bonds is 9. The Kier molecular flexibility index (Phi) is 5.20. The lowest BCUT2D eigenvalue weighted by Crippen LogP contribution is -2.08. The zero-order valence-electron chi connectivity index (χ0n) is 11.2. The molecule has 1 fully saturated rings. The van der Waals surface area contributed by atoms with Crippen LogP contribution in [-0.4, -0.2) is 37.3 Å². The van der Waals surface area contributed by atoms with Crippen LogP contribution >= 0.6 is 0 Å². The maximum absolute atomic E-state index is 11.4. The number of oxazole rings is 1. The zero-order valence-corrected chi connectivity index (χ0v) is 11.2. The number of carbonyl (C=O) groups is 1. The van der Waals surface area contributed by atoms with Gasteiger partial charge in [-0.3, -0.25) is 0 Å². The molecule has 1 heterocycles. The fourth-order valence-electron chi connectivity index (χ4n) is 1.56. The standard InChI is InChI=1S/C13H20N2O4/c1-2-18-12(16)11-9-19-13(15-11)14-6-3-7-17-8-10-4-5-10/h9-10H,2-8H2,1H3,(H,14,15). The lowest BCUT2D eigenvalue weighted by atomic mass is 10.4. The van der Waals surface area contributed by atoms with Gasteiger partial charge in [0, 0.05) is 19.8 Å². The van der Waals surface area contributed by atoms with Gasteiger partial charge in [-0.2, -0.15) is 4.98 Å². The molecule has 6 heteroatoms. The second-order valence-corrected chi connectivity index (χ2v) is 4.56. The lowest BCUT2D eigenvalue weighted by Gasteiger charge is -2.03. The summed E-state index contributed by atoms with van der Waals surface area (Å²) in [6, 6.07) is 0.338. The number of nitrogens with zero attached hydrogens (tertiary/aromatic N) is 1. The minimum Gasteiger partial charge on any atom is -0.461 e. The molecule has 0 aromatic carbocycles. The predicted octanol–water partition coefficient (Wildman–Crippen LogP) is 2.08. The number of anilines is 1. The van der Waals surface area contributed by atoms with Crippen molar-refractivity contribution >= 4 is 12.0 Å². The van der Waals surface area contributed by atoms with Gasteiger partial charge in [-0.1, -0.05) is 0 Å². The molecule has 0 radical (unpaired) electrons. The maximum Gasteiger partial charge on any atom is 0.360 e. The monoisotopic (exact) mass is 268 g/mol. The van der Waals surface area contributed by atoms with Crippen LogP contribution in [-0.2, 0) is 9.47 Å². The minimum absolute atomic E-state index is 0.189. The third kappa shape index (κ3) is 4.90. The van der Waals surface area contributed by atoms with E-state index in [1.807, 2.05) is 0 Å².